The van der Waals surface area contributed by atoms with E-state index in [1.165, 1.54) is 12.5 Å². The van der Waals surface area contributed by atoms with Crippen molar-refractivity contribution >= 4 is 39.9 Å². The van der Waals surface area contributed by atoms with Crippen LogP contribution in [-0.2, 0) is 0 Å². The summed E-state index contributed by atoms with van der Waals surface area (Å²) in [5.41, 5.74) is 1.83. The normalized spacial score (nSPS) is 12.9. The van der Waals surface area contributed by atoms with E-state index in [1.54, 1.807) is 36.2 Å². The number of aromatic nitrogens is 2. The molecule has 4 aromatic rings. The lowest BCUT2D eigenvalue weighted by Crippen LogP contribution is -2.30. The van der Waals surface area contributed by atoms with E-state index in [4.69, 9.17) is 0 Å². The molecule has 3 aromatic carbocycles. The molecule has 0 spiro atoms. The topological polar surface area (TPSA) is 83.5 Å². The zero-order valence-electron chi connectivity index (χ0n) is 16.5. The van der Waals surface area contributed by atoms with Gasteiger partial charge in [0.25, 0.3) is 17.7 Å². The summed E-state index contributed by atoms with van der Waals surface area (Å²) in [6, 6.07) is 20.1. The molecule has 1 aromatic heterocycles. The van der Waals surface area contributed by atoms with Gasteiger partial charge in [-0.05, 0) is 47.2 Å². The fourth-order valence-electron chi connectivity index (χ4n) is 3.66. The number of benzene rings is 3. The monoisotopic (exact) mass is 408 g/mol. The lowest BCUT2D eigenvalue weighted by molar-refractivity contribution is 0.0923. The maximum absolute atomic E-state index is 13.0. The summed E-state index contributed by atoms with van der Waals surface area (Å²) >= 11 is 0. The first kappa shape index (κ1) is 18.6. The number of nitrogens with zero attached hydrogens (tertiary/aromatic N) is 4. The number of hydrogen-bond acceptors (Lipinski definition) is 5. The van der Waals surface area contributed by atoms with Crippen molar-refractivity contribution in [1.29, 1.82) is 0 Å². The highest BCUT2D eigenvalue weighted by Gasteiger charge is 2.38. The molecule has 0 N–H and O–H groups in total. The molecule has 0 radical (unpaired) electrons. The minimum atomic E-state index is -0.505. The van der Waals surface area contributed by atoms with Crippen molar-refractivity contribution in [2.75, 3.05) is 16.8 Å². The summed E-state index contributed by atoms with van der Waals surface area (Å²) in [6.07, 6.45) is 2.57. The second kappa shape index (κ2) is 7.14. The third kappa shape index (κ3) is 3.03. The van der Waals surface area contributed by atoms with Gasteiger partial charge >= 0.3 is 0 Å². The number of hydrogen-bond donors (Lipinski definition) is 0. The van der Waals surface area contributed by atoms with E-state index in [0.29, 0.717) is 11.3 Å². The first-order valence-corrected chi connectivity index (χ1v) is 9.60. The summed E-state index contributed by atoms with van der Waals surface area (Å²) in [4.78, 5) is 48.5. The zero-order valence-corrected chi connectivity index (χ0v) is 16.5. The summed E-state index contributed by atoms with van der Waals surface area (Å²) in [7, 11) is 1.71. The molecule has 5 rings (SSSR count). The van der Waals surface area contributed by atoms with Gasteiger partial charge in [-0.25, -0.2) is 14.9 Å². The molecule has 7 heteroatoms. The Morgan fingerprint density at radius 1 is 0.903 bits per heavy atom. The van der Waals surface area contributed by atoms with Gasteiger partial charge in [0.1, 0.15) is 12.0 Å². The minimum absolute atomic E-state index is 0.0798. The Morgan fingerprint density at radius 3 is 2.39 bits per heavy atom. The number of amides is 3. The van der Waals surface area contributed by atoms with E-state index in [2.05, 4.69) is 9.97 Å². The SMILES string of the molecule is CN(C(=O)c1ccc(N2C(=O)c3cncnc3C2=O)cc1)c1ccc2ccccc2c1. The number of imide groups is 1. The Morgan fingerprint density at radius 2 is 1.65 bits per heavy atom. The van der Waals surface area contributed by atoms with E-state index >= 15 is 0 Å². The highest BCUT2D eigenvalue weighted by atomic mass is 16.2. The second-order valence-corrected chi connectivity index (χ2v) is 7.17. The Bertz CT molecular complexity index is 1330. The largest absolute Gasteiger partial charge is 0.311 e. The van der Waals surface area contributed by atoms with Crippen molar-refractivity contribution in [3.8, 4) is 0 Å². The predicted octanol–water partition coefficient (Wildman–Crippen LogP) is 3.71. The van der Waals surface area contributed by atoms with Gasteiger partial charge in [0.15, 0.2) is 0 Å². The lowest BCUT2D eigenvalue weighted by atomic mass is 10.1. The van der Waals surface area contributed by atoms with Crippen LogP contribution >= 0.6 is 0 Å². The molecule has 31 heavy (non-hydrogen) atoms. The van der Waals surface area contributed by atoms with E-state index < -0.39 is 11.8 Å². The van der Waals surface area contributed by atoms with Gasteiger partial charge in [-0.3, -0.25) is 14.4 Å². The Balaban J connectivity index is 1.40. The van der Waals surface area contributed by atoms with Crippen molar-refractivity contribution in [2.45, 2.75) is 0 Å². The molecule has 0 aliphatic carbocycles. The van der Waals surface area contributed by atoms with E-state index in [0.717, 1.165) is 21.4 Å². The molecule has 0 saturated carbocycles. The highest BCUT2D eigenvalue weighted by molar-refractivity contribution is 6.33. The predicted molar refractivity (Wildman–Crippen MR) is 116 cm³/mol. The molecule has 3 amide bonds. The number of carbonyl (C=O) groups excluding carboxylic acids is 3. The summed E-state index contributed by atoms with van der Waals surface area (Å²) in [6.45, 7) is 0. The molecule has 2 heterocycles. The highest BCUT2D eigenvalue weighted by Crippen LogP contribution is 2.28. The second-order valence-electron chi connectivity index (χ2n) is 7.17. The van der Waals surface area contributed by atoms with Crippen LogP contribution in [0.5, 0.6) is 0 Å². The third-order valence-corrected chi connectivity index (χ3v) is 5.35. The van der Waals surface area contributed by atoms with Crippen molar-refractivity contribution in [2.24, 2.45) is 0 Å². The van der Waals surface area contributed by atoms with Gasteiger partial charge in [0, 0.05) is 24.5 Å². The van der Waals surface area contributed by atoms with E-state index in [1.807, 2.05) is 42.5 Å². The average Bonchev–Trinajstić information content (AvgIpc) is 3.08. The fraction of sp³-hybridized carbons (Fsp3) is 0.0417. The number of carbonyl (C=O) groups is 3. The number of rotatable bonds is 3. The first-order chi connectivity index (χ1) is 15.0. The molecule has 0 unspecified atom stereocenters. The standard InChI is InChI=1S/C24H16N4O3/c1-27(19-11-6-15-4-2-3-5-17(15)12-19)22(29)16-7-9-18(10-8-16)28-23(30)20-13-25-14-26-21(20)24(28)31/h2-14H,1H3. The van der Waals surface area contributed by atoms with Crippen molar-refractivity contribution in [1.82, 2.24) is 9.97 Å². The summed E-state index contributed by atoms with van der Waals surface area (Å²) in [5.74, 6) is -1.18. The summed E-state index contributed by atoms with van der Waals surface area (Å²) in [5, 5.41) is 2.14. The molecular formula is C24H16N4O3. The van der Waals surface area contributed by atoms with Crippen LogP contribution in [0, 0.1) is 0 Å². The summed E-state index contributed by atoms with van der Waals surface area (Å²) < 4.78 is 0. The quantitative estimate of drug-likeness (QED) is 0.483. The smallest absolute Gasteiger partial charge is 0.284 e. The minimum Gasteiger partial charge on any atom is -0.311 e. The molecule has 1 aliphatic heterocycles. The lowest BCUT2D eigenvalue weighted by Gasteiger charge is -2.19. The first-order valence-electron chi connectivity index (χ1n) is 9.60. The molecule has 0 atom stereocenters. The molecule has 1 aliphatic rings. The van der Waals surface area contributed by atoms with Gasteiger partial charge in [-0.1, -0.05) is 30.3 Å². The van der Waals surface area contributed by atoms with Crippen LogP contribution in [0.2, 0.25) is 0 Å². The molecule has 150 valence electrons. The van der Waals surface area contributed by atoms with Crippen LogP contribution in [0.1, 0.15) is 31.2 Å². The van der Waals surface area contributed by atoms with Crippen LogP contribution in [0.25, 0.3) is 10.8 Å². The van der Waals surface area contributed by atoms with Crippen LogP contribution in [0.4, 0.5) is 11.4 Å². The van der Waals surface area contributed by atoms with Gasteiger partial charge in [-0.2, -0.15) is 0 Å². The Kier molecular flexibility index (Phi) is 4.29. The molecule has 0 fully saturated rings. The molecule has 0 bridgehead atoms. The van der Waals surface area contributed by atoms with Crippen molar-refractivity contribution < 1.29 is 14.4 Å². The van der Waals surface area contributed by atoms with Crippen LogP contribution in [0.3, 0.4) is 0 Å². The van der Waals surface area contributed by atoms with E-state index in [9.17, 15) is 14.4 Å². The van der Waals surface area contributed by atoms with Gasteiger partial charge in [0.05, 0.1) is 11.3 Å². The Hall–Kier alpha value is -4.39. The van der Waals surface area contributed by atoms with Gasteiger partial charge < -0.3 is 4.90 Å². The Labute approximate surface area is 177 Å². The van der Waals surface area contributed by atoms with Crippen molar-refractivity contribution in [3.63, 3.8) is 0 Å². The maximum Gasteiger partial charge on any atom is 0.284 e. The van der Waals surface area contributed by atoms with Crippen molar-refractivity contribution in [3.05, 3.63) is 96.1 Å². The average molecular weight is 408 g/mol. The number of fused-ring (bicyclic) bond motifs is 2. The molecule has 7 nitrogen and oxygen atoms in total. The fourth-order valence-corrected chi connectivity index (χ4v) is 3.66. The van der Waals surface area contributed by atoms with Crippen LogP contribution in [0.15, 0.2) is 79.3 Å². The maximum atomic E-state index is 13.0. The number of anilines is 2. The van der Waals surface area contributed by atoms with Gasteiger partial charge in [-0.15, -0.1) is 0 Å². The molecular weight excluding hydrogens is 392 g/mol. The zero-order chi connectivity index (χ0) is 21.5. The molecule has 0 saturated heterocycles. The third-order valence-electron chi connectivity index (χ3n) is 5.35. The van der Waals surface area contributed by atoms with E-state index in [-0.39, 0.29) is 17.2 Å². The van der Waals surface area contributed by atoms with Crippen LogP contribution < -0.4 is 9.80 Å². The van der Waals surface area contributed by atoms with Gasteiger partial charge in [0.2, 0.25) is 0 Å². The van der Waals surface area contributed by atoms with Crippen LogP contribution in [-0.4, -0.2) is 34.7 Å².